The van der Waals surface area contributed by atoms with E-state index in [2.05, 4.69) is 71.0 Å². The summed E-state index contributed by atoms with van der Waals surface area (Å²) in [5.74, 6) is 1.44. The molecule has 0 saturated heterocycles. The van der Waals surface area contributed by atoms with Crippen LogP contribution in [0.25, 0.3) is 11.6 Å². The van der Waals surface area contributed by atoms with Crippen LogP contribution in [0.1, 0.15) is 92.7 Å². The molecule has 6 rings (SSSR count). The Bertz CT molecular complexity index is 1560. The Balaban J connectivity index is 1.27. The third-order valence-electron chi connectivity index (χ3n) is 9.45. The Kier molecular flexibility index (Phi) is 6.61. The van der Waals surface area contributed by atoms with Gasteiger partial charge in [0.15, 0.2) is 5.78 Å². The zero-order valence-electron chi connectivity index (χ0n) is 24.1. The maximum Gasteiger partial charge on any atom is 0.166 e. The number of carbonyl (C=O) groups is 1. The van der Waals surface area contributed by atoms with E-state index < -0.39 is 0 Å². The van der Waals surface area contributed by atoms with Crippen LogP contribution in [0.3, 0.4) is 0 Å². The first kappa shape index (κ1) is 25.9. The minimum Gasteiger partial charge on any atom is -0.507 e. The van der Waals surface area contributed by atoms with Crippen molar-refractivity contribution < 1.29 is 9.90 Å². The van der Waals surface area contributed by atoms with E-state index in [1.54, 1.807) is 0 Å². The van der Waals surface area contributed by atoms with Crippen molar-refractivity contribution in [2.45, 2.75) is 79.6 Å². The van der Waals surface area contributed by atoms with Crippen LogP contribution in [0, 0.1) is 32.6 Å². The summed E-state index contributed by atoms with van der Waals surface area (Å²) < 4.78 is 0. The number of phenols is 1. The molecule has 2 nitrogen and oxygen atoms in total. The van der Waals surface area contributed by atoms with Crippen molar-refractivity contribution in [2.24, 2.45) is 11.8 Å². The van der Waals surface area contributed by atoms with Gasteiger partial charge in [-0.05, 0) is 133 Å². The molecule has 200 valence electrons. The van der Waals surface area contributed by atoms with Gasteiger partial charge in [-0.2, -0.15) is 0 Å². The largest absolute Gasteiger partial charge is 0.507 e. The van der Waals surface area contributed by atoms with Gasteiger partial charge in [-0.25, -0.2) is 0 Å². The van der Waals surface area contributed by atoms with E-state index in [1.165, 1.54) is 50.1 Å². The Labute approximate surface area is 233 Å². The van der Waals surface area contributed by atoms with Crippen molar-refractivity contribution in [3.8, 4) is 5.75 Å². The van der Waals surface area contributed by atoms with E-state index in [4.69, 9.17) is 0 Å². The second kappa shape index (κ2) is 9.97. The number of aromatic hydroxyl groups is 1. The molecule has 1 N–H and O–H groups in total. The smallest absolute Gasteiger partial charge is 0.166 e. The zero-order valence-corrected chi connectivity index (χ0v) is 24.1. The number of hydrogen-bond donors (Lipinski definition) is 1. The predicted octanol–water partition coefficient (Wildman–Crippen LogP) is 8.47. The molecule has 3 aromatic carbocycles. The number of hydrogen-bond acceptors (Lipinski definition) is 2. The van der Waals surface area contributed by atoms with Crippen LogP contribution in [-0.2, 0) is 32.1 Å². The first-order valence-corrected chi connectivity index (χ1v) is 14.7. The van der Waals surface area contributed by atoms with Crippen molar-refractivity contribution >= 4 is 17.4 Å². The normalized spacial score (nSPS) is 17.7. The molecule has 3 aliphatic carbocycles. The topological polar surface area (TPSA) is 37.3 Å². The third kappa shape index (κ3) is 4.69. The predicted molar refractivity (Wildman–Crippen MR) is 162 cm³/mol. The SMILES string of the molecule is Cc1cc(C)c2c(c1C)CC(Cc1cccc(O)c1C1=Cc3cc4c(cc3C1)CC(CCC(C)C)C4=O)=CC2. The molecule has 0 bridgehead atoms. The number of aryl methyl sites for hydroxylation is 2. The van der Waals surface area contributed by atoms with Gasteiger partial charge >= 0.3 is 0 Å². The van der Waals surface area contributed by atoms with E-state index in [9.17, 15) is 9.90 Å². The number of ketones is 1. The number of rotatable bonds is 6. The van der Waals surface area contributed by atoms with Crippen molar-refractivity contribution in [1.29, 1.82) is 0 Å². The van der Waals surface area contributed by atoms with Crippen LogP contribution in [0.2, 0.25) is 0 Å². The second-order valence-corrected chi connectivity index (χ2v) is 12.6. The fourth-order valence-corrected chi connectivity index (χ4v) is 7.12. The van der Waals surface area contributed by atoms with Gasteiger partial charge in [-0.3, -0.25) is 4.79 Å². The molecule has 39 heavy (non-hydrogen) atoms. The molecule has 2 heteroatoms. The molecular weight excluding hydrogens is 476 g/mol. The van der Waals surface area contributed by atoms with E-state index in [0.29, 0.717) is 17.5 Å². The highest BCUT2D eigenvalue weighted by atomic mass is 16.3. The number of fused-ring (bicyclic) bond motifs is 3. The van der Waals surface area contributed by atoms with Gasteiger partial charge in [-0.1, -0.05) is 62.3 Å². The molecule has 0 saturated carbocycles. The van der Waals surface area contributed by atoms with Gasteiger partial charge < -0.3 is 5.11 Å². The number of phenolic OH excluding ortho intramolecular Hbond substituents is 1. The van der Waals surface area contributed by atoms with Crippen molar-refractivity contribution in [1.82, 2.24) is 0 Å². The van der Waals surface area contributed by atoms with Crippen LogP contribution >= 0.6 is 0 Å². The van der Waals surface area contributed by atoms with E-state index in [1.807, 2.05) is 12.1 Å². The molecular formula is C37H40O2. The Morgan fingerprint density at radius 3 is 2.59 bits per heavy atom. The van der Waals surface area contributed by atoms with Crippen LogP contribution in [0.5, 0.6) is 5.75 Å². The summed E-state index contributed by atoms with van der Waals surface area (Å²) in [6.45, 7) is 11.2. The summed E-state index contributed by atoms with van der Waals surface area (Å²) in [6, 6.07) is 12.7. The lowest BCUT2D eigenvalue weighted by molar-refractivity contribution is 0.0927. The average molecular weight is 517 g/mol. The van der Waals surface area contributed by atoms with Gasteiger partial charge in [0, 0.05) is 17.0 Å². The fraction of sp³-hybridized carbons (Fsp3) is 0.378. The second-order valence-electron chi connectivity index (χ2n) is 12.6. The summed E-state index contributed by atoms with van der Waals surface area (Å²) in [5, 5.41) is 11.1. The van der Waals surface area contributed by atoms with Crippen LogP contribution in [-0.4, -0.2) is 10.9 Å². The molecule has 0 amide bonds. The highest BCUT2D eigenvalue weighted by molar-refractivity contribution is 6.04. The van der Waals surface area contributed by atoms with Crippen LogP contribution in [0.15, 0.2) is 48.0 Å². The lowest BCUT2D eigenvalue weighted by Gasteiger charge is -2.24. The summed E-state index contributed by atoms with van der Waals surface area (Å²) >= 11 is 0. The summed E-state index contributed by atoms with van der Waals surface area (Å²) in [6.07, 6.45) is 11.2. The lowest BCUT2D eigenvalue weighted by atomic mass is 9.81. The molecule has 3 aliphatic rings. The molecule has 0 fully saturated rings. The maximum atomic E-state index is 13.2. The molecule has 0 radical (unpaired) electrons. The van der Waals surface area contributed by atoms with Gasteiger partial charge in [-0.15, -0.1) is 0 Å². The zero-order chi connectivity index (χ0) is 27.4. The Morgan fingerprint density at radius 2 is 1.79 bits per heavy atom. The Morgan fingerprint density at radius 1 is 0.974 bits per heavy atom. The number of allylic oxidation sites excluding steroid dienone is 3. The van der Waals surface area contributed by atoms with E-state index in [-0.39, 0.29) is 5.92 Å². The number of benzene rings is 3. The minimum absolute atomic E-state index is 0.142. The minimum atomic E-state index is 0.142. The quantitative estimate of drug-likeness (QED) is 0.334. The van der Waals surface area contributed by atoms with E-state index in [0.717, 1.165) is 67.2 Å². The molecule has 1 atom stereocenters. The van der Waals surface area contributed by atoms with Gasteiger partial charge in [0.25, 0.3) is 0 Å². The Hall–Kier alpha value is -3.39. The van der Waals surface area contributed by atoms with Crippen molar-refractivity contribution in [2.75, 3.05) is 0 Å². The summed E-state index contributed by atoms with van der Waals surface area (Å²) in [7, 11) is 0. The molecule has 0 spiro atoms. The molecule has 1 unspecified atom stereocenters. The average Bonchev–Trinajstić information content (AvgIpc) is 3.44. The third-order valence-corrected chi connectivity index (χ3v) is 9.45. The first-order valence-electron chi connectivity index (χ1n) is 14.7. The molecule has 0 aliphatic heterocycles. The highest BCUT2D eigenvalue weighted by Gasteiger charge is 2.32. The summed E-state index contributed by atoms with van der Waals surface area (Å²) in [5.41, 5.74) is 16.5. The van der Waals surface area contributed by atoms with Gasteiger partial charge in [0.05, 0.1) is 0 Å². The maximum absolute atomic E-state index is 13.2. The van der Waals surface area contributed by atoms with Crippen molar-refractivity contribution in [3.63, 3.8) is 0 Å². The highest BCUT2D eigenvalue weighted by Crippen LogP contribution is 2.42. The van der Waals surface area contributed by atoms with Gasteiger partial charge in [0.2, 0.25) is 0 Å². The standard InChI is InChI=1S/C37H40O2/c1-21(2)9-11-27-16-30-17-28-18-31(19-29(28)20-34(30)37(27)39)36-26(7-6-8-35(36)38)14-25-10-12-32-23(4)13-22(3)24(5)33(32)15-25/h6-8,10,13,17,19-21,27,38H,9,11-12,14-16,18H2,1-5H3. The van der Waals surface area contributed by atoms with Gasteiger partial charge in [0.1, 0.15) is 5.75 Å². The first-order chi connectivity index (χ1) is 18.7. The fourth-order valence-electron chi connectivity index (χ4n) is 7.12. The summed E-state index contributed by atoms with van der Waals surface area (Å²) in [4.78, 5) is 13.2. The molecule has 0 heterocycles. The number of Topliss-reactive ketones (excluding diaryl/α,β-unsaturated/α-hetero) is 1. The van der Waals surface area contributed by atoms with Crippen LogP contribution < -0.4 is 0 Å². The number of carbonyl (C=O) groups excluding carboxylic acids is 1. The molecule has 0 aromatic heterocycles. The van der Waals surface area contributed by atoms with E-state index >= 15 is 0 Å². The molecule has 3 aromatic rings. The van der Waals surface area contributed by atoms with Crippen LogP contribution in [0.4, 0.5) is 0 Å². The monoisotopic (exact) mass is 516 g/mol. The lowest BCUT2D eigenvalue weighted by Crippen LogP contribution is -2.10. The van der Waals surface area contributed by atoms with Crippen molar-refractivity contribution in [3.05, 3.63) is 109 Å².